The van der Waals surface area contributed by atoms with Gasteiger partial charge in [0.2, 0.25) is 23.0 Å². The van der Waals surface area contributed by atoms with Crippen LogP contribution in [-0.2, 0) is 23.1 Å². The largest absolute Gasteiger partial charge is 0.493 e. The summed E-state index contributed by atoms with van der Waals surface area (Å²) >= 11 is 0. The average Bonchev–Trinajstić information content (AvgIpc) is 3.19. The zero-order valence-electron chi connectivity index (χ0n) is 29.1. The van der Waals surface area contributed by atoms with Crippen LogP contribution in [0.2, 0.25) is 0 Å². The molecule has 3 N–H and O–H groups in total. The lowest BCUT2D eigenvalue weighted by Gasteiger charge is -2.22. The van der Waals surface area contributed by atoms with Gasteiger partial charge in [0.1, 0.15) is 11.9 Å². The van der Waals surface area contributed by atoms with Crippen molar-refractivity contribution in [2.45, 2.75) is 65.5 Å². The Bertz CT molecular complexity index is 1930. The van der Waals surface area contributed by atoms with Crippen molar-refractivity contribution in [2.75, 3.05) is 32.0 Å². The second kappa shape index (κ2) is 14.0. The van der Waals surface area contributed by atoms with Crippen molar-refractivity contribution in [1.29, 1.82) is 0 Å². The van der Waals surface area contributed by atoms with Crippen molar-refractivity contribution in [3.63, 3.8) is 0 Å². The van der Waals surface area contributed by atoms with Crippen LogP contribution in [0.4, 0.5) is 11.4 Å². The van der Waals surface area contributed by atoms with E-state index in [0.29, 0.717) is 46.9 Å². The first-order valence-electron chi connectivity index (χ1n) is 16.2. The molecule has 1 aromatic heterocycles. The molecule has 2 atom stereocenters. The first kappa shape index (κ1) is 34.3. The van der Waals surface area contributed by atoms with Gasteiger partial charge in [0.15, 0.2) is 11.5 Å². The smallest absolute Gasteiger partial charge is 0.247 e. The lowest BCUT2D eigenvalue weighted by Crippen LogP contribution is -2.39. The molecule has 3 aromatic carbocycles. The Morgan fingerprint density at radius 3 is 2.31 bits per heavy atom. The fourth-order valence-electron chi connectivity index (χ4n) is 6.56. The van der Waals surface area contributed by atoms with E-state index in [-0.39, 0.29) is 34.8 Å². The van der Waals surface area contributed by atoms with Gasteiger partial charge in [-0.05, 0) is 71.8 Å². The molecule has 1 aliphatic rings. The third-order valence-corrected chi connectivity index (χ3v) is 8.88. The van der Waals surface area contributed by atoms with Crippen molar-refractivity contribution in [3.8, 4) is 28.4 Å². The monoisotopic (exact) mass is 655 g/mol. The minimum Gasteiger partial charge on any atom is -0.493 e. The van der Waals surface area contributed by atoms with Gasteiger partial charge >= 0.3 is 0 Å². The van der Waals surface area contributed by atoms with Gasteiger partial charge in [0, 0.05) is 31.1 Å². The number of methoxy groups -OCH3 is 3. The molecule has 2 amide bonds. The number of aromatic nitrogens is 2. The topological polar surface area (TPSA) is 133 Å². The molecule has 2 unspecified atom stereocenters. The molecular formula is C37H45N5O6. The van der Waals surface area contributed by atoms with Crippen molar-refractivity contribution in [3.05, 3.63) is 69.6 Å². The van der Waals surface area contributed by atoms with Crippen LogP contribution in [-0.4, -0.2) is 48.7 Å². The number of imidazole rings is 1. The zero-order chi connectivity index (χ0) is 34.9. The van der Waals surface area contributed by atoms with E-state index in [0.717, 1.165) is 28.0 Å². The van der Waals surface area contributed by atoms with Gasteiger partial charge in [0.05, 0.1) is 44.1 Å². The molecule has 0 saturated heterocycles. The lowest BCUT2D eigenvalue weighted by molar-refractivity contribution is -0.120. The highest BCUT2D eigenvalue weighted by atomic mass is 16.5. The molecule has 11 heteroatoms. The summed E-state index contributed by atoms with van der Waals surface area (Å²) in [5.74, 6) is 1.98. The van der Waals surface area contributed by atoms with Gasteiger partial charge in [-0.2, -0.15) is 0 Å². The zero-order valence-corrected chi connectivity index (χ0v) is 29.1. The summed E-state index contributed by atoms with van der Waals surface area (Å²) in [6, 6.07) is 11.5. The quantitative estimate of drug-likeness (QED) is 0.191. The summed E-state index contributed by atoms with van der Waals surface area (Å²) in [5, 5.41) is 9.28. The predicted molar refractivity (Wildman–Crippen MR) is 188 cm³/mol. The number of nitrogens with one attached hydrogen (secondary N) is 3. The number of rotatable bonds is 10. The summed E-state index contributed by atoms with van der Waals surface area (Å²) in [6.07, 6.45) is 1.13. The van der Waals surface area contributed by atoms with Gasteiger partial charge in [-0.25, -0.2) is 4.98 Å². The number of fused-ring (bicyclic) bond motifs is 4. The predicted octanol–water partition coefficient (Wildman–Crippen LogP) is 5.95. The van der Waals surface area contributed by atoms with E-state index >= 15 is 0 Å². The molecule has 0 radical (unpaired) electrons. The third-order valence-electron chi connectivity index (χ3n) is 8.88. The van der Waals surface area contributed by atoms with Crippen LogP contribution in [0, 0.1) is 5.92 Å². The summed E-state index contributed by atoms with van der Waals surface area (Å²) in [7, 11) is 6.66. The summed E-state index contributed by atoms with van der Waals surface area (Å²) in [5.41, 5.74) is 5.36. The Morgan fingerprint density at radius 2 is 1.69 bits per heavy atom. The average molecular weight is 656 g/mol. The first-order valence-corrected chi connectivity index (χ1v) is 16.2. The Balaban J connectivity index is 1.55. The second-order valence-electron chi connectivity index (χ2n) is 12.8. The van der Waals surface area contributed by atoms with E-state index < -0.39 is 12.1 Å². The Morgan fingerprint density at radius 1 is 0.958 bits per heavy atom. The Kier molecular flexibility index (Phi) is 9.98. The number of amides is 2. The van der Waals surface area contributed by atoms with Gasteiger partial charge in [-0.15, -0.1) is 0 Å². The number of hydrogen-bond donors (Lipinski definition) is 3. The molecule has 0 saturated carbocycles. The van der Waals surface area contributed by atoms with Crippen LogP contribution in [0.1, 0.15) is 70.0 Å². The standard InChI is InChI=1S/C37H45N5O6/c1-19(2)33(37(45)39-23-11-15-29-28(17-23)41-36(20(3)4)42(29)6)40-27-14-12-24-25(18-30(27)44)26(38-21(5)43)13-10-22-16-31(46-7)34(47-8)35(48-9)32(22)24/h11-12,14-20,26,33H,10,13H2,1-9H3,(H,38,43)(H,39,45)(H,40,44). The molecule has 0 fully saturated rings. The van der Waals surface area contributed by atoms with E-state index in [9.17, 15) is 14.4 Å². The Labute approximate surface area is 281 Å². The molecule has 254 valence electrons. The van der Waals surface area contributed by atoms with Crippen molar-refractivity contribution in [1.82, 2.24) is 14.9 Å². The van der Waals surface area contributed by atoms with Crippen molar-refractivity contribution >= 4 is 34.2 Å². The number of aryl methyl sites for hydroxylation is 2. The minimum absolute atomic E-state index is 0.163. The SMILES string of the molecule is COc1cc2c(c(OC)c1OC)-c1ccc(NC(C(=O)Nc3ccc4c(c3)nc(C(C)C)n4C)C(C)C)c(=O)cc1C(NC(C)=O)CC2. The second-order valence-corrected chi connectivity index (χ2v) is 12.8. The molecule has 4 aromatic rings. The molecule has 1 heterocycles. The van der Waals surface area contributed by atoms with Crippen LogP contribution in [0.15, 0.2) is 47.3 Å². The van der Waals surface area contributed by atoms with E-state index in [2.05, 4.69) is 34.4 Å². The van der Waals surface area contributed by atoms with Crippen LogP contribution >= 0.6 is 0 Å². The Hall–Kier alpha value is -5.06. The minimum atomic E-state index is -0.733. The van der Waals surface area contributed by atoms with Crippen LogP contribution in [0.25, 0.3) is 22.2 Å². The number of carbonyl (C=O) groups excluding carboxylic acids is 2. The number of hydrogen-bond acceptors (Lipinski definition) is 8. The van der Waals surface area contributed by atoms with E-state index in [1.54, 1.807) is 33.5 Å². The van der Waals surface area contributed by atoms with Crippen molar-refractivity contribution < 1.29 is 23.8 Å². The van der Waals surface area contributed by atoms with Crippen LogP contribution < -0.4 is 35.6 Å². The van der Waals surface area contributed by atoms with Crippen molar-refractivity contribution in [2.24, 2.45) is 13.0 Å². The molecule has 1 aliphatic carbocycles. The number of benzene rings is 2. The van der Waals surface area contributed by atoms with Gasteiger partial charge in [-0.3, -0.25) is 14.4 Å². The summed E-state index contributed by atoms with van der Waals surface area (Å²) in [6.45, 7) is 9.49. The molecule has 5 rings (SSSR count). The normalized spacial score (nSPS) is 14.5. The molecule has 0 bridgehead atoms. The highest BCUT2D eigenvalue weighted by Gasteiger charge is 2.30. The summed E-state index contributed by atoms with van der Waals surface area (Å²) in [4.78, 5) is 44.7. The molecular weight excluding hydrogens is 610 g/mol. The van der Waals surface area contributed by atoms with Gasteiger partial charge in [-0.1, -0.05) is 33.8 Å². The maximum absolute atomic E-state index is 13.9. The highest BCUT2D eigenvalue weighted by Crippen LogP contribution is 2.50. The molecule has 0 aliphatic heterocycles. The van der Waals surface area contributed by atoms with Gasteiger partial charge in [0.25, 0.3) is 0 Å². The number of ether oxygens (including phenoxy) is 3. The maximum atomic E-state index is 13.9. The number of anilines is 2. The third kappa shape index (κ3) is 6.54. The fourth-order valence-corrected chi connectivity index (χ4v) is 6.56. The van der Waals surface area contributed by atoms with Crippen LogP contribution in [0.5, 0.6) is 17.2 Å². The van der Waals surface area contributed by atoms with E-state index in [4.69, 9.17) is 19.2 Å². The van der Waals surface area contributed by atoms with Gasteiger partial charge < -0.3 is 34.7 Å². The maximum Gasteiger partial charge on any atom is 0.247 e. The molecule has 48 heavy (non-hydrogen) atoms. The highest BCUT2D eigenvalue weighted by molar-refractivity contribution is 5.98. The van der Waals surface area contributed by atoms with E-state index in [1.165, 1.54) is 6.92 Å². The first-order chi connectivity index (χ1) is 22.9. The van der Waals surface area contributed by atoms with E-state index in [1.807, 2.05) is 51.2 Å². The lowest BCUT2D eigenvalue weighted by atomic mass is 9.95. The van der Waals surface area contributed by atoms with Crippen LogP contribution in [0.3, 0.4) is 0 Å². The number of nitrogens with zero attached hydrogens (tertiary/aromatic N) is 2. The molecule has 11 nitrogen and oxygen atoms in total. The number of carbonyl (C=O) groups is 2. The molecule has 0 spiro atoms. The summed E-state index contributed by atoms with van der Waals surface area (Å²) < 4.78 is 19.3. The fraction of sp³-hybridized carbons (Fsp3) is 0.405.